The average Bonchev–Trinajstić information content (AvgIpc) is 2.70. The van der Waals surface area contributed by atoms with Crippen molar-refractivity contribution in [2.24, 2.45) is 0 Å². The summed E-state index contributed by atoms with van der Waals surface area (Å²) in [5.74, 6) is -2.10. The Kier molecular flexibility index (Phi) is 4.05. The summed E-state index contributed by atoms with van der Waals surface area (Å²) >= 11 is 0. The summed E-state index contributed by atoms with van der Waals surface area (Å²) in [7, 11) is 0. The van der Waals surface area contributed by atoms with E-state index in [0.29, 0.717) is 0 Å². The van der Waals surface area contributed by atoms with Crippen LogP contribution in [0.15, 0.2) is 66.7 Å². The molecular weight excluding hydrogens is 344 g/mol. The van der Waals surface area contributed by atoms with Crippen molar-refractivity contribution in [3.63, 3.8) is 0 Å². The van der Waals surface area contributed by atoms with E-state index in [1.54, 1.807) is 18.2 Å². The largest absolute Gasteiger partial charge is 0.488 e. The molecular formula is C22H14O5. The van der Waals surface area contributed by atoms with Crippen LogP contribution >= 0.6 is 0 Å². The molecule has 27 heavy (non-hydrogen) atoms. The van der Waals surface area contributed by atoms with E-state index in [1.807, 2.05) is 30.3 Å². The maximum Gasteiger partial charge on any atom is 0.340 e. The van der Waals surface area contributed by atoms with E-state index < -0.39 is 11.8 Å². The second-order valence-corrected chi connectivity index (χ2v) is 6.14. The standard InChI is InChI=1S/C22H14O5/c23-20-14-8-4-5-9-15(14)21(24)18-16(20)10-11-17(19(18)22(25)26)27-12-13-6-2-1-3-7-13/h1-11H,12H2,(H,25,26). The van der Waals surface area contributed by atoms with Gasteiger partial charge in [-0.05, 0) is 17.7 Å². The van der Waals surface area contributed by atoms with Gasteiger partial charge in [0.05, 0.1) is 5.56 Å². The summed E-state index contributed by atoms with van der Waals surface area (Å²) in [5.41, 5.74) is 1.04. The SMILES string of the molecule is O=C1c2ccccc2C(=O)c2c1ccc(OCc1ccccc1)c2C(=O)O. The Hall–Kier alpha value is -3.73. The number of rotatable bonds is 4. The van der Waals surface area contributed by atoms with Crippen LogP contribution in [0.2, 0.25) is 0 Å². The van der Waals surface area contributed by atoms with Gasteiger partial charge in [0.2, 0.25) is 0 Å². The molecule has 0 fully saturated rings. The third-order valence-corrected chi connectivity index (χ3v) is 4.51. The Bertz CT molecular complexity index is 1080. The van der Waals surface area contributed by atoms with Crippen LogP contribution in [0.1, 0.15) is 47.8 Å². The van der Waals surface area contributed by atoms with Gasteiger partial charge >= 0.3 is 5.97 Å². The van der Waals surface area contributed by atoms with Crippen LogP contribution in [0, 0.1) is 0 Å². The second kappa shape index (κ2) is 6.53. The smallest absolute Gasteiger partial charge is 0.340 e. The number of carbonyl (C=O) groups excluding carboxylic acids is 2. The van der Waals surface area contributed by atoms with Crippen LogP contribution in [0.4, 0.5) is 0 Å². The van der Waals surface area contributed by atoms with E-state index in [0.717, 1.165) is 5.56 Å². The molecule has 0 aromatic heterocycles. The third kappa shape index (κ3) is 2.79. The number of carbonyl (C=O) groups is 3. The Labute approximate surface area is 154 Å². The molecule has 0 spiro atoms. The average molecular weight is 358 g/mol. The van der Waals surface area contributed by atoms with E-state index in [2.05, 4.69) is 0 Å². The molecule has 0 aliphatic heterocycles. The van der Waals surface area contributed by atoms with Crippen molar-refractivity contribution in [3.8, 4) is 5.75 Å². The topological polar surface area (TPSA) is 80.7 Å². The van der Waals surface area contributed by atoms with Gasteiger partial charge in [0, 0.05) is 16.7 Å². The Morgan fingerprint density at radius 3 is 2.07 bits per heavy atom. The van der Waals surface area contributed by atoms with Gasteiger partial charge in [-0.3, -0.25) is 9.59 Å². The van der Waals surface area contributed by atoms with Gasteiger partial charge in [-0.15, -0.1) is 0 Å². The maximum atomic E-state index is 12.9. The maximum absolute atomic E-state index is 12.9. The Morgan fingerprint density at radius 1 is 0.778 bits per heavy atom. The molecule has 1 N–H and O–H groups in total. The lowest BCUT2D eigenvalue weighted by atomic mass is 9.81. The number of carboxylic acids is 1. The molecule has 0 heterocycles. The number of aromatic carboxylic acids is 1. The van der Waals surface area contributed by atoms with Gasteiger partial charge in [0.1, 0.15) is 17.9 Å². The number of benzene rings is 3. The lowest BCUT2D eigenvalue weighted by molar-refractivity contribution is 0.0687. The lowest BCUT2D eigenvalue weighted by Crippen LogP contribution is -2.24. The van der Waals surface area contributed by atoms with E-state index in [4.69, 9.17) is 4.74 Å². The van der Waals surface area contributed by atoms with Crippen molar-refractivity contribution in [1.29, 1.82) is 0 Å². The molecule has 0 bridgehead atoms. The predicted octanol–water partition coefficient (Wildman–Crippen LogP) is 3.74. The number of fused-ring (bicyclic) bond motifs is 2. The van der Waals surface area contributed by atoms with Crippen molar-refractivity contribution < 1.29 is 24.2 Å². The molecule has 0 radical (unpaired) electrons. The molecule has 0 saturated carbocycles. The van der Waals surface area contributed by atoms with Gasteiger partial charge in [0.25, 0.3) is 0 Å². The second-order valence-electron chi connectivity index (χ2n) is 6.14. The monoisotopic (exact) mass is 358 g/mol. The number of ketones is 2. The first-order valence-corrected chi connectivity index (χ1v) is 8.33. The summed E-state index contributed by atoms with van der Waals surface area (Å²) in [6.07, 6.45) is 0. The number of hydrogen-bond acceptors (Lipinski definition) is 4. The Morgan fingerprint density at radius 2 is 1.41 bits per heavy atom. The van der Waals surface area contributed by atoms with Crippen LogP contribution in [0.5, 0.6) is 5.75 Å². The molecule has 132 valence electrons. The summed E-state index contributed by atoms with van der Waals surface area (Å²) in [4.78, 5) is 37.6. The van der Waals surface area contributed by atoms with Crippen LogP contribution in [0.3, 0.4) is 0 Å². The summed E-state index contributed by atoms with van der Waals surface area (Å²) in [6.45, 7) is 0.151. The zero-order chi connectivity index (χ0) is 19.0. The molecule has 5 heteroatoms. The number of hydrogen-bond donors (Lipinski definition) is 1. The molecule has 1 aliphatic rings. The number of carboxylic acid groups (broad SMARTS) is 1. The van der Waals surface area contributed by atoms with E-state index >= 15 is 0 Å². The molecule has 4 rings (SSSR count). The van der Waals surface area contributed by atoms with Crippen molar-refractivity contribution in [3.05, 3.63) is 100 Å². The van der Waals surface area contributed by atoms with E-state index in [-0.39, 0.29) is 46.0 Å². The third-order valence-electron chi connectivity index (χ3n) is 4.51. The number of ether oxygens (including phenoxy) is 1. The van der Waals surface area contributed by atoms with Crippen LogP contribution in [0.25, 0.3) is 0 Å². The van der Waals surface area contributed by atoms with Gasteiger partial charge in [-0.25, -0.2) is 4.79 Å². The molecule has 0 unspecified atom stereocenters. The first-order chi connectivity index (χ1) is 13.1. The molecule has 0 amide bonds. The minimum atomic E-state index is -1.31. The van der Waals surface area contributed by atoms with E-state index in [9.17, 15) is 19.5 Å². The first kappa shape index (κ1) is 16.7. The van der Waals surface area contributed by atoms with Crippen molar-refractivity contribution >= 4 is 17.5 Å². The van der Waals surface area contributed by atoms with Gasteiger partial charge in [-0.2, -0.15) is 0 Å². The molecule has 5 nitrogen and oxygen atoms in total. The fraction of sp³-hybridized carbons (Fsp3) is 0.0455. The van der Waals surface area contributed by atoms with Gasteiger partial charge < -0.3 is 9.84 Å². The summed E-state index contributed by atoms with van der Waals surface area (Å²) < 4.78 is 5.68. The van der Waals surface area contributed by atoms with Crippen LogP contribution in [-0.4, -0.2) is 22.6 Å². The van der Waals surface area contributed by atoms with Crippen molar-refractivity contribution in [1.82, 2.24) is 0 Å². The van der Waals surface area contributed by atoms with Crippen molar-refractivity contribution in [2.45, 2.75) is 6.61 Å². The zero-order valence-corrected chi connectivity index (χ0v) is 14.1. The fourth-order valence-electron chi connectivity index (χ4n) is 3.24. The summed E-state index contributed by atoms with van der Waals surface area (Å²) in [6, 6.07) is 18.6. The van der Waals surface area contributed by atoms with E-state index in [1.165, 1.54) is 18.2 Å². The highest BCUT2D eigenvalue weighted by Crippen LogP contribution is 2.34. The summed E-state index contributed by atoms with van der Waals surface area (Å²) in [5, 5.41) is 9.73. The first-order valence-electron chi connectivity index (χ1n) is 8.33. The normalized spacial score (nSPS) is 12.3. The highest BCUT2D eigenvalue weighted by molar-refractivity contribution is 6.30. The van der Waals surface area contributed by atoms with Gasteiger partial charge in [0.15, 0.2) is 11.6 Å². The highest BCUT2D eigenvalue weighted by Gasteiger charge is 2.35. The molecule has 0 atom stereocenters. The zero-order valence-electron chi connectivity index (χ0n) is 14.1. The van der Waals surface area contributed by atoms with Gasteiger partial charge in [-0.1, -0.05) is 54.6 Å². The fourth-order valence-corrected chi connectivity index (χ4v) is 3.24. The Balaban J connectivity index is 1.81. The lowest BCUT2D eigenvalue weighted by Gasteiger charge is -2.20. The quantitative estimate of drug-likeness (QED) is 0.601. The molecule has 3 aromatic rings. The molecule has 3 aromatic carbocycles. The minimum absolute atomic E-state index is 0.0608. The van der Waals surface area contributed by atoms with Crippen molar-refractivity contribution in [2.75, 3.05) is 0 Å². The highest BCUT2D eigenvalue weighted by atomic mass is 16.5. The molecule has 1 aliphatic carbocycles. The van der Waals surface area contributed by atoms with Crippen LogP contribution in [-0.2, 0) is 6.61 Å². The minimum Gasteiger partial charge on any atom is -0.488 e. The predicted molar refractivity (Wildman–Crippen MR) is 97.5 cm³/mol. The molecule has 0 saturated heterocycles. The van der Waals surface area contributed by atoms with Crippen LogP contribution < -0.4 is 4.74 Å².